The van der Waals surface area contributed by atoms with Gasteiger partial charge in [-0.05, 0) is 45.7 Å². The third-order valence-corrected chi connectivity index (χ3v) is 7.12. The second kappa shape index (κ2) is 9.00. The van der Waals surface area contributed by atoms with Crippen molar-refractivity contribution < 1.29 is 23.4 Å². The number of thiocarbonyl (C=S) groups is 1. The first-order chi connectivity index (χ1) is 14.4. The summed E-state index contributed by atoms with van der Waals surface area (Å²) in [6, 6.07) is 7.08. The number of phenolic OH excluding ortho intramolecular Hbond substituents is 1. The number of nitrogens with one attached hydrogen (secondary N) is 1. The lowest BCUT2D eigenvalue weighted by Crippen LogP contribution is -2.31. The van der Waals surface area contributed by atoms with Gasteiger partial charge < -0.3 is 10.2 Å². The molecule has 0 unspecified atom stereocenters. The summed E-state index contributed by atoms with van der Waals surface area (Å²) < 4.78 is 28.0. The predicted molar refractivity (Wildman–Crippen MR) is 131 cm³/mol. The fourth-order valence-electron chi connectivity index (χ4n) is 3.21. The van der Waals surface area contributed by atoms with Gasteiger partial charge in [0.05, 0.1) is 15.6 Å². The molecule has 0 heterocycles. The monoisotopic (exact) mass is 497 g/mol. The van der Waals surface area contributed by atoms with Crippen LogP contribution in [0.3, 0.4) is 0 Å². The second-order valence-corrected chi connectivity index (χ2v) is 12.2. The molecule has 6 nitrogen and oxygen atoms in total. The molecule has 9 heteroatoms. The summed E-state index contributed by atoms with van der Waals surface area (Å²) in [5.74, 6) is -1.05. The maximum atomic E-state index is 12.8. The van der Waals surface area contributed by atoms with Crippen molar-refractivity contribution in [3.05, 3.63) is 57.6 Å². The Morgan fingerprint density at radius 1 is 1.03 bits per heavy atom. The van der Waals surface area contributed by atoms with Gasteiger partial charge in [0, 0.05) is 6.42 Å². The fraction of sp³-hybridized carbons (Fsp3) is 0.391. The van der Waals surface area contributed by atoms with Crippen LogP contribution in [-0.2, 0) is 27.3 Å². The number of rotatable bonds is 5. The molecule has 2 rings (SSSR count). The minimum absolute atomic E-state index is 0.0206. The molecule has 0 aliphatic carbocycles. The fourth-order valence-corrected chi connectivity index (χ4v) is 5.22. The minimum Gasteiger partial charge on any atom is -0.507 e. The van der Waals surface area contributed by atoms with Crippen LogP contribution < -0.4 is 4.72 Å². The molecule has 32 heavy (non-hydrogen) atoms. The van der Waals surface area contributed by atoms with Gasteiger partial charge >= 0.3 is 5.97 Å². The van der Waals surface area contributed by atoms with Crippen molar-refractivity contribution in [2.45, 2.75) is 63.7 Å². The SMILES string of the molecule is CC(C)(C)c1cc(CC(=S)NS(=O)(=O)c2cc(C(=O)O)ccc2Cl)cc(C(C)(C)C)c1O. The molecule has 0 aromatic heterocycles. The molecule has 0 spiro atoms. The average Bonchev–Trinajstić information content (AvgIpc) is 2.60. The normalized spacial score (nSPS) is 12.5. The number of hydrogen-bond donors (Lipinski definition) is 3. The van der Waals surface area contributed by atoms with Crippen LogP contribution in [0.1, 0.15) is 68.6 Å². The first-order valence-electron chi connectivity index (χ1n) is 9.89. The van der Waals surface area contributed by atoms with Gasteiger partial charge in [-0.25, -0.2) is 13.2 Å². The van der Waals surface area contributed by atoms with Crippen molar-refractivity contribution >= 4 is 44.8 Å². The lowest BCUT2D eigenvalue weighted by molar-refractivity contribution is 0.0696. The molecular weight excluding hydrogens is 470 g/mol. The number of benzene rings is 2. The van der Waals surface area contributed by atoms with Gasteiger partial charge in [-0.1, -0.05) is 77.5 Å². The van der Waals surface area contributed by atoms with E-state index in [0.29, 0.717) is 0 Å². The zero-order valence-electron chi connectivity index (χ0n) is 18.9. The molecule has 0 bridgehead atoms. The zero-order valence-corrected chi connectivity index (χ0v) is 21.3. The molecule has 3 N–H and O–H groups in total. The Morgan fingerprint density at radius 2 is 1.53 bits per heavy atom. The van der Waals surface area contributed by atoms with E-state index in [0.717, 1.165) is 22.8 Å². The van der Waals surface area contributed by atoms with Gasteiger partial charge in [-0.2, -0.15) is 0 Å². The van der Waals surface area contributed by atoms with Gasteiger partial charge in [-0.3, -0.25) is 4.72 Å². The average molecular weight is 498 g/mol. The first-order valence-corrected chi connectivity index (χ1v) is 12.2. The number of carboxylic acids is 1. The molecule has 0 atom stereocenters. The maximum absolute atomic E-state index is 12.8. The summed E-state index contributed by atoms with van der Waals surface area (Å²) in [6.45, 7) is 11.9. The number of aromatic carboxylic acids is 1. The largest absolute Gasteiger partial charge is 0.507 e. The summed E-state index contributed by atoms with van der Waals surface area (Å²) in [5.41, 5.74) is 1.34. The highest BCUT2D eigenvalue weighted by Crippen LogP contribution is 2.40. The third-order valence-electron chi connectivity index (χ3n) is 4.87. The Kier molecular flexibility index (Phi) is 7.34. The quantitative estimate of drug-likeness (QED) is 0.491. The van der Waals surface area contributed by atoms with Crippen molar-refractivity contribution in [3.8, 4) is 5.75 Å². The Morgan fingerprint density at radius 3 is 1.97 bits per heavy atom. The molecular formula is C23H28ClNO5S2. The van der Waals surface area contributed by atoms with E-state index in [9.17, 15) is 18.3 Å². The lowest BCUT2D eigenvalue weighted by atomic mass is 9.78. The van der Waals surface area contributed by atoms with E-state index in [1.807, 2.05) is 53.7 Å². The highest BCUT2D eigenvalue weighted by Gasteiger charge is 2.27. The molecule has 0 saturated carbocycles. The first kappa shape index (κ1) is 26.1. The maximum Gasteiger partial charge on any atom is 0.335 e. The van der Waals surface area contributed by atoms with E-state index < -0.39 is 16.0 Å². The van der Waals surface area contributed by atoms with Crippen LogP contribution in [0.4, 0.5) is 0 Å². The number of halogens is 1. The van der Waals surface area contributed by atoms with Crippen molar-refractivity contribution in [3.63, 3.8) is 0 Å². The minimum atomic E-state index is -4.19. The Bertz CT molecular complexity index is 1140. The van der Waals surface area contributed by atoms with Crippen molar-refractivity contribution in [1.29, 1.82) is 0 Å². The highest BCUT2D eigenvalue weighted by molar-refractivity contribution is 7.92. The summed E-state index contributed by atoms with van der Waals surface area (Å²) in [6.07, 6.45) is 0.108. The van der Waals surface area contributed by atoms with Crippen LogP contribution in [0.2, 0.25) is 5.02 Å². The summed E-state index contributed by atoms with van der Waals surface area (Å²) in [4.78, 5) is 10.9. The lowest BCUT2D eigenvalue weighted by Gasteiger charge is -2.28. The van der Waals surface area contributed by atoms with E-state index in [-0.39, 0.29) is 43.5 Å². The van der Waals surface area contributed by atoms with E-state index in [4.69, 9.17) is 28.9 Å². The standard InChI is InChI=1S/C23H28ClNO5S2/c1-22(2,3)15-9-13(10-16(20(15)26)23(4,5)6)11-19(31)25-32(29,30)18-12-14(21(27)28)7-8-17(18)24/h7-10,12,26H,11H2,1-6H3,(H,25,31)(H,27,28). The smallest absolute Gasteiger partial charge is 0.335 e. The molecule has 2 aromatic rings. The zero-order chi connectivity index (χ0) is 24.6. The molecule has 0 amide bonds. The molecule has 0 fully saturated rings. The number of hydrogen-bond acceptors (Lipinski definition) is 5. The van der Waals surface area contributed by atoms with Gasteiger partial charge in [0.2, 0.25) is 0 Å². The van der Waals surface area contributed by atoms with Crippen LogP contribution in [0.15, 0.2) is 35.2 Å². The summed E-state index contributed by atoms with van der Waals surface area (Å²) in [7, 11) is -4.19. The topological polar surface area (TPSA) is 104 Å². The molecule has 0 aliphatic rings. The van der Waals surface area contributed by atoms with Crippen LogP contribution >= 0.6 is 23.8 Å². The van der Waals surface area contributed by atoms with Crippen LogP contribution in [0, 0.1) is 0 Å². The molecule has 174 valence electrons. The van der Waals surface area contributed by atoms with Crippen LogP contribution in [0.25, 0.3) is 0 Å². The molecule has 2 aromatic carbocycles. The number of phenols is 1. The molecule has 0 radical (unpaired) electrons. The highest BCUT2D eigenvalue weighted by atomic mass is 35.5. The van der Waals surface area contributed by atoms with E-state index in [1.54, 1.807) is 0 Å². The van der Waals surface area contributed by atoms with Crippen LogP contribution in [0.5, 0.6) is 5.75 Å². The summed E-state index contributed by atoms with van der Waals surface area (Å²) in [5, 5.41) is 19.9. The number of sulfonamides is 1. The molecule has 0 aliphatic heterocycles. The Balaban J connectivity index is 2.41. The number of carboxylic acid groups (broad SMARTS) is 1. The van der Waals surface area contributed by atoms with Gasteiger partial charge in [-0.15, -0.1) is 0 Å². The van der Waals surface area contributed by atoms with E-state index in [2.05, 4.69) is 4.72 Å². The van der Waals surface area contributed by atoms with E-state index >= 15 is 0 Å². The van der Waals surface area contributed by atoms with Crippen molar-refractivity contribution in [2.75, 3.05) is 0 Å². The molecule has 0 saturated heterocycles. The third kappa shape index (κ3) is 5.99. The second-order valence-electron chi connectivity index (χ2n) is 9.70. The van der Waals surface area contributed by atoms with Gasteiger partial charge in [0.1, 0.15) is 10.6 Å². The Labute approximate surface area is 199 Å². The summed E-state index contributed by atoms with van der Waals surface area (Å²) >= 11 is 11.3. The van der Waals surface area contributed by atoms with E-state index in [1.165, 1.54) is 12.1 Å². The van der Waals surface area contributed by atoms with Gasteiger partial charge in [0.25, 0.3) is 10.0 Å². The predicted octanol–water partition coefficient (Wildman–Crippen LogP) is 5.19. The van der Waals surface area contributed by atoms with Crippen molar-refractivity contribution in [1.82, 2.24) is 4.72 Å². The van der Waals surface area contributed by atoms with Crippen molar-refractivity contribution in [2.24, 2.45) is 0 Å². The van der Waals surface area contributed by atoms with Crippen LogP contribution in [-0.4, -0.2) is 29.6 Å². The Hall–Kier alpha value is -2.16. The van der Waals surface area contributed by atoms with Gasteiger partial charge in [0.15, 0.2) is 0 Å². The number of carbonyl (C=O) groups is 1. The number of aromatic hydroxyl groups is 1.